The van der Waals surface area contributed by atoms with Crippen LogP contribution in [-0.4, -0.2) is 79.6 Å². The average molecular weight is 352 g/mol. The Morgan fingerprint density at radius 3 is 2.72 bits per heavy atom. The van der Waals surface area contributed by atoms with Gasteiger partial charge in [0.05, 0.1) is 6.61 Å². The highest BCUT2D eigenvalue weighted by Crippen LogP contribution is 2.28. The number of piperazine rings is 1. The molecule has 1 saturated heterocycles. The van der Waals surface area contributed by atoms with Crippen LogP contribution >= 0.6 is 0 Å². The Kier molecular flexibility index (Phi) is 6.64. The summed E-state index contributed by atoms with van der Waals surface area (Å²) in [5.41, 5.74) is 0. The number of benzene rings is 1. The van der Waals surface area contributed by atoms with Crippen molar-refractivity contribution in [3.63, 3.8) is 0 Å². The number of ether oxygens (including phenoxy) is 2. The molecule has 2 aliphatic rings. The topological polar surface area (TPSA) is 45.2 Å². The van der Waals surface area contributed by atoms with Crippen molar-refractivity contribution in [2.45, 2.75) is 37.5 Å². The fourth-order valence-electron chi connectivity index (χ4n) is 3.90. The molecule has 1 aromatic carbocycles. The van der Waals surface area contributed by atoms with Crippen molar-refractivity contribution in [2.75, 3.05) is 46.4 Å². The minimum absolute atomic E-state index is 0.122. The molecule has 1 heterocycles. The second kappa shape index (κ2) is 8.94. The summed E-state index contributed by atoms with van der Waals surface area (Å²) in [7, 11) is 1.73. The first kappa shape index (κ1) is 18.6. The van der Waals surface area contributed by atoms with E-state index in [2.05, 4.69) is 9.80 Å². The lowest BCUT2D eigenvalue weighted by atomic mass is 9.88. The third kappa shape index (κ3) is 4.91. The number of methoxy groups -OCH3 is 1. The summed E-state index contributed by atoms with van der Waals surface area (Å²) in [6, 6.07) is 6.28. The van der Waals surface area contributed by atoms with E-state index in [-0.39, 0.29) is 18.0 Å². The molecule has 25 heavy (non-hydrogen) atoms. The molecule has 0 amide bonds. The third-order valence-corrected chi connectivity index (χ3v) is 5.33. The number of hydrogen-bond donors (Lipinski definition) is 1. The van der Waals surface area contributed by atoms with Gasteiger partial charge >= 0.3 is 0 Å². The van der Waals surface area contributed by atoms with Crippen molar-refractivity contribution >= 4 is 0 Å². The fraction of sp³-hybridized carbons (Fsp3) is 0.684. The Bertz CT molecular complexity index is 537. The van der Waals surface area contributed by atoms with Crippen molar-refractivity contribution in [3.8, 4) is 5.75 Å². The predicted octanol–water partition coefficient (Wildman–Crippen LogP) is 1.75. The average Bonchev–Trinajstić information content (AvgIpc) is 2.62. The summed E-state index contributed by atoms with van der Waals surface area (Å²) in [4.78, 5) is 4.78. The zero-order chi connectivity index (χ0) is 17.6. The summed E-state index contributed by atoms with van der Waals surface area (Å²) >= 11 is 0. The van der Waals surface area contributed by atoms with Gasteiger partial charge in [-0.3, -0.25) is 9.80 Å². The molecular formula is C19H29FN2O3. The van der Waals surface area contributed by atoms with Crippen LogP contribution in [0.5, 0.6) is 5.75 Å². The van der Waals surface area contributed by atoms with Gasteiger partial charge in [0.25, 0.3) is 0 Å². The van der Waals surface area contributed by atoms with Crippen molar-refractivity contribution in [2.24, 2.45) is 0 Å². The molecule has 1 N–H and O–H groups in total. The Morgan fingerprint density at radius 2 is 2.00 bits per heavy atom. The second-order valence-corrected chi connectivity index (χ2v) is 6.97. The van der Waals surface area contributed by atoms with E-state index in [0.29, 0.717) is 5.75 Å². The number of nitrogens with zero attached hydrogens (tertiary/aromatic N) is 2. The number of aliphatic hydroxyl groups excluding tert-OH is 1. The first-order valence-corrected chi connectivity index (χ1v) is 9.23. The molecule has 1 saturated carbocycles. The van der Waals surface area contributed by atoms with Gasteiger partial charge in [-0.25, -0.2) is 4.39 Å². The van der Waals surface area contributed by atoms with Gasteiger partial charge in [0.15, 0.2) is 0 Å². The Hall–Kier alpha value is -1.21. The Morgan fingerprint density at radius 1 is 1.20 bits per heavy atom. The maximum Gasteiger partial charge on any atom is 0.126 e. The molecule has 0 bridgehead atoms. The summed E-state index contributed by atoms with van der Waals surface area (Å²) in [5, 5.41) is 10.8. The molecular weight excluding hydrogens is 323 g/mol. The molecule has 0 unspecified atom stereocenters. The summed E-state index contributed by atoms with van der Waals surface area (Å²) in [5.74, 6) is 0.181. The highest BCUT2D eigenvalue weighted by Gasteiger charge is 2.37. The largest absolute Gasteiger partial charge is 0.488 e. The van der Waals surface area contributed by atoms with Crippen LogP contribution in [0.2, 0.25) is 0 Å². The maximum atomic E-state index is 13.3. The van der Waals surface area contributed by atoms with Gasteiger partial charge in [0, 0.05) is 51.9 Å². The van der Waals surface area contributed by atoms with E-state index in [9.17, 15) is 9.50 Å². The SMILES string of the molecule is COCCN1CCN([C@H]2CCC[C@@H](Oc3cccc(F)c3)[C@@H]2O)CC1. The Labute approximate surface area is 149 Å². The molecule has 140 valence electrons. The van der Waals surface area contributed by atoms with Gasteiger partial charge in [0.2, 0.25) is 0 Å². The second-order valence-electron chi connectivity index (χ2n) is 6.97. The van der Waals surface area contributed by atoms with Gasteiger partial charge in [-0.1, -0.05) is 6.07 Å². The molecule has 2 fully saturated rings. The highest BCUT2D eigenvalue weighted by molar-refractivity contribution is 5.23. The monoisotopic (exact) mass is 352 g/mol. The number of rotatable bonds is 6. The van der Waals surface area contributed by atoms with Crippen molar-refractivity contribution in [3.05, 3.63) is 30.1 Å². The van der Waals surface area contributed by atoms with E-state index >= 15 is 0 Å². The van der Waals surface area contributed by atoms with E-state index in [1.165, 1.54) is 12.1 Å². The lowest BCUT2D eigenvalue weighted by molar-refractivity contribution is -0.0640. The molecule has 5 nitrogen and oxygen atoms in total. The van der Waals surface area contributed by atoms with Crippen LogP contribution in [-0.2, 0) is 4.74 Å². The third-order valence-electron chi connectivity index (χ3n) is 5.33. The van der Waals surface area contributed by atoms with Crippen LogP contribution in [0.1, 0.15) is 19.3 Å². The van der Waals surface area contributed by atoms with Crippen LogP contribution in [0.3, 0.4) is 0 Å². The zero-order valence-electron chi connectivity index (χ0n) is 14.9. The van der Waals surface area contributed by atoms with Crippen LogP contribution in [0.15, 0.2) is 24.3 Å². The lowest BCUT2D eigenvalue weighted by Gasteiger charge is -2.44. The van der Waals surface area contributed by atoms with E-state index in [1.807, 2.05) is 0 Å². The van der Waals surface area contributed by atoms with Crippen LogP contribution < -0.4 is 4.74 Å². The van der Waals surface area contributed by atoms with Crippen LogP contribution in [0.4, 0.5) is 4.39 Å². The first-order valence-electron chi connectivity index (χ1n) is 9.23. The van der Waals surface area contributed by atoms with Crippen molar-refractivity contribution in [1.29, 1.82) is 0 Å². The van der Waals surface area contributed by atoms with Gasteiger partial charge in [0.1, 0.15) is 23.8 Å². The quantitative estimate of drug-likeness (QED) is 0.845. The van der Waals surface area contributed by atoms with Crippen molar-refractivity contribution < 1.29 is 19.0 Å². The first-order chi connectivity index (χ1) is 12.2. The molecule has 0 aromatic heterocycles. The minimum Gasteiger partial charge on any atom is -0.488 e. The van der Waals surface area contributed by atoms with Crippen LogP contribution in [0, 0.1) is 5.82 Å². The smallest absolute Gasteiger partial charge is 0.126 e. The number of aliphatic hydroxyl groups is 1. The molecule has 6 heteroatoms. The highest BCUT2D eigenvalue weighted by atomic mass is 19.1. The zero-order valence-corrected chi connectivity index (χ0v) is 14.9. The maximum absolute atomic E-state index is 13.3. The summed E-state index contributed by atoms with van der Waals surface area (Å²) in [6.07, 6.45) is 2.00. The number of halogens is 1. The van der Waals surface area contributed by atoms with Gasteiger partial charge in [-0.05, 0) is 31.4 Å². The Balaban J connectivity index is 1.54. The summed E-state index contributed by atoms with van der Waals surface area (Å²) in [6.45, 7) is 5.64. The van der Waals surface area contributed by atoms with Crippen molar-refractivity contribution in [1.82, 2.24) is 9.80 Å². The predicted molar refractivity (Wildman–Crippen MR) is 94.4 cm³/mol. The summed E-state index contributed by atoms with van der Waals surface area (Å²) < 4.78 is 24.4. The molecule has 1 aliphatic heterocycles. The molecule has 1 aromatic rings. The lowest BCUT2D eigenvalue weighted by Crippen LogP contribution is -2.58. The van der Waals surface area contributed by atoms with E-state index in [4.69, 9.17) is 9.47 Å². The van der Waals surface area contributed by atoms with E-state index < -0.39 is 6.10 Å². The van der Waals surface area contributed by atoms with E-state index in [1.54, 1.807) is 19.2 Å². The minimum atomic E-state index is -0.539. The normalized spacial score (nSPS) is 28.8. The van der Waals surface area contributed by atoms with Gasteiger partial charge in [-0.15, -0.1) is 0 Å². The molecule has 1 aliphatic carbocycles. The standard InChI is InChI=1S/C19H29FN2O3/c1-24-13-12-21-8-10-22(11-9-21)17-6-3-7-18(19(17)23)25-16-5-2-4-15(20)14-16/h2,4-5,14,17-19,23H,3,6-13H2,1H3/t17-,18+,19+/m0/s1. The van der Waals surface area contributed by atoms with Gasteiger partial charge < -0.3 is 14.6 Å². The van der Waals surface area contributed by atoms with E-state index in [0.717, 1.165) is 58.6 Å². The molecule has 0 radical (unpaired) electrons. The number of hydrogen-bond acceptors (Lipinski definition) is 5. The van der Waals surface area contributed by atoms with Crippen LogP contribution in [0.25, 0.3) is 0 Å². The molecule has 3 rings (SSSR count). The fourth-order valence-corrected chi connectivity index (χ4v) is 3.90. The molecule has 3 atom stereocenters. The van der Waals surface area contributed by atoms with Gasteiger partial charge in [-0.2, -0.15) is 0 Å². The molecule has 0 spiro atoms.